The van der Waals surface area contributed by atoms with E-state index in [1.807, 2.05) is 25.1 Å². The van der Waals surface area contributed by atoms with Gasteiger partial charge in [-0.05, 0) is 38.1 Å². The highest BCUT2D eigenvalue weighted by atomic mass is 16.6. The lowest BCUT2D eigenvalue weighted by Gasteiger charge is -2.12. The minimum atomic E-state index is -0.457. The molecule has 0 radical (unpaired) electrons. The molecule has 2 aromatic heterocycles. The Morgan fingerprint density at radius 1 is 1.14 bits per heavy atom. The Bertz CT molecular complexity index is 1180. The maximum absolute atomic E-state index is 11.7. The Morgan fingerprint density at radius 3 is 2.75 bits per heavy atom. The highest BCUT2D eigenvalue weighted by molar-refractivity contribution is 5.99. The molecule has 0 saturated carbocycles. The van der Waals surface area contributed by atoms with Gasteiger partial charge in [-0.1, -0.05) is 0 Å². The van der Waals surface area contributed by atoms with Crippen LogP contribution in [0.4, 0.5) is 0 Å². The highest BCUT2D eigenvalue weighted by Gasteiger charge is 2.54. The molecule has 4 heterocycles. The first-order valence-corrected chi connectivity index (χ1v) is 9.07. The summed E-state index contributed by atoms with van der Waals surface area (Å²) in [7, 11) is 0. The number of cyclic esters (lactones) is 1. The fourth-order valence-corrected chi connectivity index (χ4v) is 3.69. The zero-order chi connectivity index (χ0) is 19.5. The van der Waals surface area contributed by atoms with Crippen LogP contribution in [0.25, 0.3) is 21.9 Å². The SMILES string of the molecule is CC1=C[C@@H](C[C@]2(C)O[C@H]2COc2c3occc3cc3ccc(=O)oc23)OC1=O. The van der Waals surface area contributed by atoms with Crippen LogP contribution in [0, 0.1) is 0 Å². The maximum Gasteiger partial charge on any atom is 0.336 e. The van der Waals surface area contributed by atoms with Crippen molar-refractivity contribution < 1.29 is 27.8 Å². The summed E-state index contributed by atoms with van der Waals surface area (Å²) in [6.07, 6.45) is 3.49. The zero-order valence-corrected chi connectivity index (χ0v) is 15.4. The molecular weight excluding hydrogens is 364 g/mol. The minimum Gasteiger partial charge on any atom is -0.483 e. The van der Waals surface area contributed by atoms with Crippen molar-refractivity contribution in [3.63, 3.8) is 0 Å². The van der Waals surface area contributed by atoms with E-state index in [1.165, 1.54) is 6.07 Å². The van der Waals surface area contributed by atoms with Crippen molar-refractivity contribution in [2.24, 2.45) is 0 Å². The van der Waals surface area contributed by atoms with Gasteiger partial charge in [0.1, 0.15) is 18.8 Å². The molecular formula is C21H18O7. The summed E-state index contributed by atoms with van der Waals surface area (Å²) in [6, 6.07) is 6.78. The van der Waals surface area contributed by atoms with Crippen LogP contribution in [-0.2, 0) is 14.3 Å². The van der Waals surface area contributed by atoms with Crippen molar-refractivity contribution in [1.82, 2.24) is 0 Å². The van der Waals surface area contributed by atoms with Gasteiger partial charge in [-0.3, -0.25) is 0 Å². The summed E-state index contributed by atoms with van der Waals surface area (Å²) in [6.45, 7) is 3.96. The second-order valence-corrected chi connectivity index (χ2v) is 7.45. The Balaban J connectivity index is 1.36. The molecule has 7 heteroatoms. The van der Waals surface area contributed by atoms with Crippen LogP contribution in [0.1, 0.15) is 20.3 Å². The molecule has 0 aliphatic carbocycles. The smallest absolute Gasteiger partial charge is 0.336 e. The van der Waals surface area contributed by atoms with E-state index in [2.05, 4.69) is 0 Å². The molecule has 28 heavy (non-hydrogen) atoms. The molecule has 5 rings (SSSR count). The molecule has 3 atom stereocenters. The lowest BCUT2D eigenvalue weighted by Crippen LogP contribution is -2.22. The van der Waals surface area contributed by atoms with Gasteiger partial charge in [0.05, 0.1) is 11.9 Å². The monoisotopic (exact) mass is 382 g/mol. The van der Waals surface area contributed by atoms with E-state index < -0.39 is 11.2 Å². The third-order valence-corrected chi connectivity index (χ3v) is 5.32. The second-order valence-electron chi connectivity index (χ2n) is 7.45. The van der Waals surface area contributed by atoms with Gasteiger partial charge in [0.2, 0.25) is 5.75 Å². The summed E-state index contributed by atoms with van der Waals surface area (Å²) in [5.41, 5.74) is 0.585. The average Bonchev–Trinajstić information content (AvgIpc) is 2.94. The van der Waals surface area contributed by atoms with Crippen LogP contribution in [0.15, 0.2) is 55.8 Å². The van der Waals surface area contributed by atoms with Gasteiger partial charge in [0, 0.05) is 28.8 Å². The molecule has 1 saturated heterocycles. The van der Waals surface area contributed by atoms with Crippen molar-refractivity contribution in [1.29, 1.82) is 0 Å². The van der Waals surface area contributed by atoms with Crippen molar-refractivity contribution in [3.8, 4) is 5.75 Å². The first-order valence-electron chi connectivity index (χ1n) is 9.07. The van der Waals surface area contributed by atoms with E-state index in [4.69, 9.17) is 23.0 Å². The molecule has 7 nitrogen and oxygen atoms in total. The van der Waals surface area contributed by atoms with E-state index in [1.54, 1.807) is 19.3 Å². The molecule has 0 unspecified atom stereocenters. The Hall–Kier alpha value is -3.06. The predicted molar refractivity (Wildman–Crippen MR) is 99.3 cm³/mol. The van der Waals surface area contributed by atoms with E-state index in [9.17, 15) is 9.59 Å². The fraction of sp³-hybridized carbons (Fsp3) is 0.333. The van der Waals surface area contributed by atoms with Crippen LogP contribution < -0.4 is 10.4 Å². The summed E-state index contributed by atoms with van der Waals surface area (Å²) >= 11 is 0. The molecule has 144 valence electrons. The number of ether oxygens (including phenoxy) is 3. The summed E-state index contributed by atoms with van der Waals surface area (Å²) in [5, 5.41) is 1.61. The molecule has 1 aromatic carbocycles. The van der Waals surface area contributed by atoms with E-state index >= 15 is 0 Å². The molecule has 0 spiro atoms. The topological polar surface area (TPSA) is 91.4 Å². The molecule has 3 aromatic rings. The van der Waals surface area contributed by atoms with Gasteiger partial charge in [-0.2, -0.15) is 0 Å². The van der Waals surface area contributed by atoms with Gasteiger partial charge in [-0.15, -0.1) is 0 Å². The number of carbonyl (C=O) groups is 1. The maximum atomic E-state index is 11.7. The van der Waals surface area contributed by atoms with Crippen molar-refractivity contribution in [2.45, 2.75) is 38.1 Å². The van der Waals surface area contributed by atoms with Crippen LogP contribution in [0.5, 0.6) is 5.75 Å². The number of hydrogen-bond acceptors (Lipinski definition) is 7. The zero-order valence-electron chi connectivity index (χ0n) is 15.4. The molecule has 0 bridgehead atoms. The minimum absolute atomic E-state index is 0.170. The standard InChI is InChI=1S/C21H18O7/c1-11-7-14(26-20(11)23)9-21(2)15(28-21)10-25-19-17-13(5-6-24-17)8-12-3-4-16(22)27-18(12)19/h3-8,14-15H,9-10H2,1-2H3/t14-,15-,21-/m0/s1. The first-order chi connectivity index (χ1) is 13.4. The lowest BCUT2D eigenvalue weighted by atomic mass is 9.99. The number of furan rings is 1. The van der Waals surface area contributed by atoms with E-state index in [0.29, 0.717) is 28.9 Å². The number of rotatable bonds is 5. The van der Waals surface area contributed by atoms with Crippen molar-refractivity contribution >= 4 is 27.9 Å². The molecule has 1 fully saturated rings. The number of hydrogen-bond donors (Lipinski definition) is 0. The van der Waals surface area contributed by atoms with Crippen LogP contribution >= 0.6 is 0 Å². The Labute approximate surface area is 159 Å². The summed E-state index contributed by atoms with van der Waals surface area (Å²) in [4.78, 5) is 23.2. The predicted octanol–water partition coefficient (Wildman–Crippen LogP) is 3.34. The average molecular weight is 382 g/mol. The van der Waals surface area contributed by atoms with E-state index in [-0.39, 0.29) is 24.8 Å². The van der Waals surface area contributed by atoms with Gasteiger partial charge in [0.25, 0.3) is 0 Å². The molecule has 2 aliphatic rings. The Kier molecular flexibility index (Phi) is 3.64. The van der Waals surface area contributed by atoms with Gasteiger partial charge in [-0.25, -0.2) is 9.59 Å². The largest absolute Gasteiger partial charge is 0.483 e. The number of esters is 1. The number of epoxide rings is 1. The van der Waals surface area contributed by atoms with Crippen LogP contribution in [0.2, 0.25) is 0 Å². The summed E-state index contributed by atoms with van der Waals surface area (Å²) < 4.78 is 28.0. The fourth-order valence-electron chi connectivity index (χ4n) is 3.69. The van der Waals surface area contributed by atoms with Gasteiger partial charge >= 0.3 is 11.6 Å². The molecule has 0 N–H and O–H groups in total. The summed E-state index contributed by atoms with van der Waals surface area (Å²) in [5.74, 6) is 0.101. The molecule has 0 amide bonds. The second kappa shape index (κ2) is 5.97. The van der Waals surface area contributed by atoms with Crippen molar-refractivity contribution in [2.75, 3.05) is 6.61 Å². The van der Waals surface area contributed by atoms with E-state index in [0.717, 1.165) is 10.8 Å². The number of fused-ring (bicyclic) bond motifs is 2. The number of benzene rings is 1. The van der Waals surface area contributed by atoms with Crippen LogP contribution in [0.3, 0.4) is 0 Å². The Morgan fingerprint density at radius 2 is 1.96 bits per heavy atom. The van der Waals surface area contributed by atoms with Crippen molar-refractivity contribution in [3.05, 3.63) is 52.6 Å². The number of carbonyl (C=O) groups excluding carboxylic acids is 1. The molecule has 2 aliphatic heterocycles. The van der Waals surface area contributed by atoms with Crippen LogP contribution in [-0.4, -0.2) is 30.4 Å². The van der Waals surface area contributed by atoms with Gasteiger partial charge in [0.15, 0.2) is 11.2 Å². The lowest BCUT2D eigenvalue weighted by molar-refractivity contribution is -0.140. The third kappa shape index (κ3) is 2.79. The normalized spacial score (nSPS) is 26.5. The van der Waals surface area contributed by atoms with Gasteiger partial charge < -0.3 is 23.0 Å². The highest BCUT2D eigenvalue weighted by Crippen LogP contribution is 2.43. The third-order valence-electron chi connectivity index (χ3n) is 5.32. The first kappa shape index (κ1) is 17.1. The quantitative estimate of drug-likeness (QED) is 0.380.